The number of halogens is 1. The van der Waals surface area contributed by atoms with E-state index in [9.17, 15) is 14.4 Å². The number of hydrogen-bond donors (Lipinski definition) is 0. The van der Waals surface area contributed by atoms with Crippen molar-refractivity contribution in [3.8, 4) is 0 Å². The SMILES string of the molecule is CCCOC(=O)C(=O)C(Br)C(=O)OCCC. The van der Waals surface area contributed by atoms with Crippen LogP contribution in [-0.2, 0) is 23.9 Å². The lowest BCUT2D eigenvalue weighted by molar-refractivity contribution is -0.157. The summed E-state index contributed by atoms with van der Waals surface area (Å²) in [5, 5.41) is 0. The summed E-state index contributed by atoms with van der Waals surface area (Å²) in [4.78, 5) is 32.4. The number of esters is 2. The minimum atomic E-state index is -1.27. The number of rotatable bonds is 7. The molecule has 0 amide bonds. The number of carbonyl (C=O) groups is 3. The lowest BCUT2D eigenvalue weighted by atomic mass is 10.3. The number of hydrogen-bond acceptors (Lipinski definition) is 5. The maximum Gasteiger partial charge on any atom is 0.376 e. The van der Waals surface area contributed by atoms with Crippen LogP contribution in [-0.4, -0.2) is 35.8 Å². The van der Waals surface area contributed by atoms with E-state index in [0.717, 1.165) is 0 Å². The topological polar surface area (TPSA) is 69.7 Å². The molecule has 0 aliphatic heterocycles. The molecular formula is C10H15BrO5. The van der Waals surface area contributed by atoms with Gasteiger partial charge in [-0.3, -0.25) is 9.59 Å². The van der Waals surface area contributed by atoms with Gasteiger partial charge in [-0.2, -0.15) is 0 Å². The minimum Gasteiger partial charge on any atom is -0.465 e. The summed E-state index contributed by atoms with van der Waals surface area (Å²) in [6, 6.07) is 0. The van der Waals surface area contributed by atoms with Crippen molar-refractivity contribution < 1.29 is 23.9 Å². The van der Waals surface area contributed by atoms with E-state index in [1.54, 1.807) is 6.92 Å². The first-order chi connectivity index (χ1) is 7.54. The highest BCUT2D eigenvalue weighted by Crippen LogP contribution is 2.06. The summed E-state index contributed by atoms with van der Waals surface area (Å²) in [5.74, 6) is -2.72. The van der Waals surface area contributed by atoms with Gasteiger partial charge in [-0.25, -0.2) is 4.79 Å². The summed E-state index contributed by atoms with van der Waals surface area (Å²) >= 11 is 2.81. The van der Waals surface area contributed by atoms with Gasteiger partial charge in [0.25, 0.3) is 5.78 Å². The number of Topliss-reactive ketones (excluding diaryl/α,β-unsaturated/α-hetero) is 1. The maximum absolute atomic E-state index is 11.3. The third-order valence-electron chi connectivity index (χ3n) is 1.52. The van der Waals surface area contributed by atoms with Gasteiger partial charge in [0.1, 0.15) is 0 Å². The van der Waals surface area contributed by atoms with Crippen molar-refractivity contribution in [1.29, 1.82) is 0 Å². The molecule has 0 aliphatic carbocycles. The van der Waals surface area contributed by atoms with Crippen LogP contribution in [0.3, 0.4) is 0 Å². The second-order valence-electron chi connectivity index (χ2n) is 3.03. The van der Waals surface area contributed by atoms with Crippen LogP contribution in [0.2, 0.25) is 0 Å². The standard InChI is InChI=1S/C10H15BrO5/c1-3-5-15-9(13)7(11)8(12)10(14)16-6-4-2/h7H,3-6H2,1-2H3. The molecule has 92 valence electrons. The summed E-state index contributed by atoms with van der Waals surface area (Å²) in [5.41, 5.74) is 0. The van der Waals surface area contributed by atoms with E-state index < -0.39 is 22.5 Å². The largest absolute Gasteiger partial charge is 0.465 e. The van der Waals surface area contributed by atoms with Crippen molar-refractivity contribution in [2.75, 3.05) is 13.2 Å². The molecule has 16 heavy (non-hydrogen) atoms. The van der Waals surface area contributed by atoms with E-state index in [4.69, 9.17) is 4.74 Å². The molecule has 0 radical (unpaired) electrons. The Kier molecular flexibility index (Phi) is 7.80. The van der Waals surface area contributed by atoms with E-state index in [-0.39, 0.29) is 13.2 Å². The second kappa shape index (κ2) is 8.27. The molecule has 0 spiro atoms. The number of carbonyl (C=O) groups excluding carboxylic acids is 3. The predicted molar refractivity (Wildman–Crippen MR) is 60.2 cm³/mol. The first-order valence-corrected chi connectivity index (χ1v) is 5.97. The van der Waals surface area contributed by atoms with Crippen LogP contribution < -0.4 is 0 Å². The van der Waals surface area contributed by atoms with E-state index in [0.29, 0.717) is 12.8 Å². The third-order valence-corrected chi connectivity index (χ3v) is 2.31. The zero-order chi connectivity index (χ0) is 12.6. The molecule has 5 nitrogen and oxygen atoms in total. The minimum absolute atomic E-state index is 0.161. The average Bonchev–Trinajstić information content (AvgIpc) is 2.30. The Morgan fingerprint density at radius 3 is 2.06 bits per heavy atom. The molecule has 0 fully saturated rings. The number of ketones is 1. The quantitative estimate of drug-likeness (QED) is 0.306. The highest BCUT2D eigenvalue weighted by molar-refractivity contribution is 9.10. The summed E-state index contributed by atoms with van der Waals surface area (Å²) in [7, 11) is 0. The Hall–Kier alpha value is -0.910. The molecule has 1 atom stereocenters. The molecule has 0 rings (SSSR count). The van der Waals surface area contributed by atoms with Gasteiger partial charge in [0.2, 0.25) is 0 Å². The molecule has 6 heteroatoms. The predicted octanol–water partition coefficient (Wildman–Crippen LogP) is 1.23. The molecule has 0 heterocycles. The van der Waals surface area contributed by atoms with Crippen LogP contribution in [0.4, 0.5) is 0 Å². The monoisotopic (exact) mass is 294 g/mol. The van der Waals surface area contributed by atoms with Crippen LogP contribution >= 0.6 is 15.9 Å². The van der Waals surface area contributed by atoms with Gasteiger partial charge < -0.3 is 9.47 Å². The maximum atomic E-state index is 11.3. The Morgan fingerprint density at radius 2 is 1.56 bits per heavy atom. The fourth-order valence-corrected chi connectivity index (χ4v) is 1.07. The van der Waals surface area contributed by atoms with Gasteiger partial charge in [0.15, 0.2) is 4.83 Å². The van der Waals surface area contributed by atoms with Crippen LogP contribution in [0, 0.1) is 0 Å². The van der Waals surface area contributed by atoms with E-state index in [1.807, 2.05) is 6.92 Å². The second-order valence-corrected chi connectivity index (χ2v) is 3.95. The first kappa shape index (κ1) is 15.1. The van der Waals surface area contributed by atoms with Gasteiger partial charge in [-0.05, 0) is 12.8 Å². The van der Waals surface area contributed by atoms with Crippen molar-refractivity contribution in [2.45, 2.75) is 31.5 Å². The fraction of sp³-hybridized carbons (Fsp3) is 0.700. The normalized spacial score (nSPS) is 11.7. The van der Waals surface area contributed by atoms with Crippen LogP contribution in [0.1, 0.15) is 26.7 Å². The molecule has 0 aromatic heterocycles. The van der Waals surface area contributed by atoms with Gasteiger partial charge in [-0.1, -0.05) is 29.8 Å². The Bertz CT molecular complexity index is 264. The Labute approximate surface area is 103 Å². The highest BCUT2D eigenvalue weighted by Gasteiger charge is 2.31. The molecule has 0 saturated heterocycles. The van der Waals surface area contributed by atoms with Crippen molar-refractivity contribution in [3.63, 3.8) is 0 Å². The fourth-order valence-electron chi connectivity index (χ4n) is 0.752. The number of ether oxygens (including phenoxy) is 2. The Balaban J connectivity index is 4.15. The van der Waals surface area contributed by atoms with Gasteiger partial charge >= 0.3 is 11.9 Å². The molecule has 0 saturated carbocycles. The zero-order valence-corrected chi connectivity index (χ0v) is 10.9. The van der Waals surface area contributed by atoms with Gasteiger partial charge in [-0.15, -0.1) is 0 Å². The molecule has 0 aromatic rings. The van der Waals surface area contributed by atoms with Crippen molar-refractivity contribution in [1.82, 2.24) is 0 Å². The van der Waals surface area contributed by atoms with E-state index in [1.165, 1.54) is 0 Å². The van der Waals surface area contributed by atoms with Crippen molar-refractivity contribution in [3.05, 3.63) is 0 Å². The highest BCUT2D eigenvalue weighted by atomic mass is 79.9. The molecule has 0 aliphatic rings. The van der Waals surface area contributed by atoms with Crippen LogP contribution in [0.15, 0.2) is 0 Å². The number of alkyl halides is 1. The summed E-state index contributed by atoms with van der Waals surface area (Å²) in [6.07, 6.45) is 1.27. The van der Waals surface area contributed by atoms with Gasteiger partial charge in [0, 0.05) is 0 Å². The van der Waals surface area contributed by atoms with Crippen molar-refractivity contribution in [2.24, 2.45) is 0 Å². The van der Waals surface area contributed by atoms with Crippen LogP contribution in [0.5, 0.6) is 0 Å². The van der Waals surface area contributed by atoms with Crippen molar-refractivity contribution >= 4 is 33.7 Å². The van der Waals surface area contributed by atoms with E-state index in [2.05, 4.69) is 20.7 Å². The van der Waals surface area contributed by atoms with Crippen LogP contribution in [0.25, 0.3) is 0 Å². The van der Waals surface area contributed by atoms with E-state index >= 15 is 0 Å². The zero-order valence-electron chi connectivity index (χ0n) is 9.32. The molecule has 1 unspecified atom stereocenters. The average molecular weight is 295 g/mol. The molecule has 0 aromatic carbocycles. The lowest BCUT2D eigenvalue weighted by Gasteiger charge is -2.08. The smallest absolute Gasteiger partial charge is 0.376 e. The molecular weight excluding hydrogens is 280 g/mol. The molecule has 0 N–H and O–H groups in total. The third kappa shape index (κ3) is 5.25. The van der Waals surface area contributed by atoms with Gasteiger partial charge in [0.05, 0.1) is 13.2 Å². The Morgan fingerprint density at radius 1 is 1.06 bits per heavy atom. The lowest BCUT2D eigenvalue weighted by Crippen LogP contribution is -2.33. The summed E-state index contributed by atoms with van der Waals surface area (Å²) < 4.78 is 9.32. The molecule has 0 bridgehead atoms. The first-order valence-electron chi connectivity index (χ1n) is 5.06. The summed E-state index contributed by atoms with van der Waals surface area (Å²) in [6.45, 7) is 4.01.